The summed E-state index contributed by atoms with van der Waals surface area (Å²) >= 11 is 0. The smallest absolute Gasteiger partial charge is 0.375 e. The third-order valence-electron chi connectivity index (χ3n) is 2.80. The van der Waals surface area contributed by atoms with Crippen LogP contribution >= 0.6 is 0 Å². The highest BCUT2D eigenvalue weighted by Gasteiger charge is 2.26. The fourth-order valence-corrected chi connectivity index (χ4v) is 1.74. The van der Waals surface area contributed by atoms with Crippen LogP contribution in [-0.2, 0) is 14.3 Å². The normalized spacial score (nSPS) is 11.7. The number of carbonyl (C=O) groups excluding carboxylic acids is 2. The zero-order valence-electron chi connectivity index (χ0n) is 12.0. The Labute approximate surface area is 127 Å². The molecule has 0 aliphatic rings. The third-order valence-corrected chi connectivity index (χ3v) is 2.80. The molecule has 1 atom stereocenters. The van der Waals surface area contributed by atoms with Crippen LogP contribution in [0.4, 0.5) is 0 Å². The van der Waals surface area contributed by atoms with Gasteiger partial charge in [0.15, 0.2) is 0 Å². The van der Waals surface area contributed by atoms with Gasteiger partial charge in [-0.25, -0.2) is 4.79 Å². The Bertz CT molecular complexity index is 598. The van der Waals surface area contributed by atoms with Gasteiger partial charge in [-0.05, 0) is 24.3 Å². The van der Waals surface area contributed by atoms with Gasteiger partial charge in [-0.1, -0.05) is 0 Å². The lowest BCUT2D eigenvalue weighted by Gasteiger charge is -2.17. The highest BCUT2D eigenvalue weighted by atomic mass is 16.6. The van der Waals surface area contributed by atoms with E-state index in [4.69, 9.17) is 13.9 Å². The van der Waals surface area contributed by atoms with Gasteiger partial charge in [-0.15, -0.1) is 0 Å². The maximum atomic E-state index is 12.2. The molecule has 2 aromatic rings. The number of hydrogen-bond acceptors (Lipinski definition) is 6. The number of nitrogens with one attached hydrogen (secondary N) is 1. The van der Waals surface area contributed by atoms with Gasteiger partial charge < -0.3 is 19.2 Å². The van der Waals surface area contributed by atoms with Gasteiger partial charge in [0, 0.05) is 31.6 Å². The number of aromatic nitrogens is 1. The summed E-state index contributed by atoms with van der Waals surface area (Å²) < 4.78 is 15.1. The average Bonchev–Trinajstić information content (AvgIpc) is 3.08. The molecule has 22 heavy (non-hydrogen) atoms. The summed E-state index contributed by atoms with van der Waals surface area (Å²) in [4.78, 5) is 28.1. The van der Waals surface area contributed by atoms with Crippen LogP contribution in [0.2, 0.25) is 0 Å². The van der Waals surface area contributed by atoms with Gasteiger partial charge >= 0.3 is 5.97 Å². The summed E-state index contributed by atoms with van der Waals surface area (Å²) in [5.41, 5.74) is 0.518. The molecule has 0 aliphatic heterocycles. The van der Waals surface area contributed by atoms with Crippen molar-refractivity contribution in [3.05, 3.63) is 54.2 Å². The molecule has 1 unspecified atom stereocenters. The number of esters is 1. The Balaban J connectivity index is 2.11. The predicted octanol–water partition coefficient (Wildman–Crippen LogP) is 1.34. The molecule has 0 saturated heterocycles. The number of nitrogens with zero attached hydrogens (tertiary/aromatic N) is 1. The van der Waals surface area contributed by atoms with Crippen molar-refractivity contribution in [2.75, 3.05) is 20.3 Å². The van der Waals surface area contributed by atoms with E-state index < -0.39 is 18.0 Å². The molecule has 2 heterocycles. The van der Waals surface area contributed by atoms with E-state index in [-0.39, 0.29) is 5.76 Å². The molecule has 1 N–H and O–H groups in total. The average molecular weight is 304 g/mol. The monoisotopic (exact) mass is 304 g/mol. The number of furan rings is 1. The first-order valence-corrected chi connectivity index (χ1v) is 6.63. The molecule has 7 nitrogen and oxygen atoms in total. The lowest BCUT2D eigenvalue weighted by Crippen LogP contribution is -2.34. The van der Waals surface area contributed by atoms with Crippen molar-refractivity contribution in [2.24, 2.45) is 0 Å². The van der Waals surface area contributed by atoms with E-state index in [0.717, 1.165) is 0 Å². The SMILES string of the molecule is COCCNC(=O)C(OC(=O)c1ccco1)c1ccncc1. The second-order valence-electron chi connectivity index (χ2n) is 4.33. The van der Waals surface area contributed by atoms with Crippen LogP contribution in [0.5, 0.6) is 0 Å². The lowest BCUT2D eigenvalue weighted by molar-refractivity contribution is -0.130. The fraction of sp³-hybridized carbons (Fsp3) is 0.267. The first-order chi connectivity index (χ1) is 10.7. The van der Waals surface area contributed by atoms with E-state index >= 15 is 0 Å². The Hall–Kier alpha value is -2.67. The maximum absolute atomic E-state index is 12.2. The molecule has 0 fully saturated rings. The Morgan fingerprint density at radius 2 is 2.09 bits per heavy atom. The molecule has 2 aromatic heterocycles. The molecule has 0 radical (unpaired) electrons. The van der Waals surface area contributed by atoms with Crippen molar-refractivity contribution in [2.45, 2.75) is 6.10 Å². The van der Waals surface area contributed by atoms with Crippen LogP contribution in [0, 0.1) is 0 Å². The minimum Gasteiger partial charge on any atom is -0.457 e. The zero-order valence-corrected chi connectivity index (χ0v) is 12.0. The van der Waals surface area contributed by atoms with Gasteiger partial charge in [-0.3, -0.25) is 9.78 Å². The molecule has 7 heteroatoms. The number of rotatable bonds is 7. The van der Waals surface area contributed by atoms with Crippen molar-refractivity contribution in [3.8, 4) is 0 Å². The van der Waals surface area contributed by atoms with Crippen LogP contribution < -0.4 is 5.32 Å². The van der Waals surface area contributed by atoms with E-state index in [0.29, 0.717) is 18.7 Å². The van der Waals surface area contributed by atoms with Gasteiger partial charge in [0.05, 0.1) is 12.9 Å². The fourth-order valence-electron chi connectivity index (χ4n) is 1.74. The maximum Gasteiger partial charge on any atom is 0.375 e. The Morgan fingerprint density at radius 3 is 2.73 bits per heavy atom. The van der Waals surface area contributed by atoms with E-state index in [1.54, 1.807) is 18.2 Å². The van der Waals surface area contributed by atoms with Crippen LogP contribution in [0.3, 0.4) is 0 Å². The van der Waals surface area contributed by atoms with Crippen LogP contribution in [0.1, 0.15) is 22.2 Å². The molecular formula is C15H16N2O5. The van der Waals surface area contributed by atoms with E-state index in [1.807, 2.05) is 0 Å². The van der Waals surface area contributed by atoms with Crippen LogP contribution in [0.25, 0.3) is 0 Å². The summed E-state index contributed by atoms with van der Waals surface area (Å²) in [5.74, 6) is -1.12. The quantitative estimate of drug-likeness (QED) is 0.613. The van der Waals surface area contributed by atoms with Gasteiger partial charge in [0.2, 0.25) is 11.9 Å². The van der Waals surface area contributed by atoms with Crippen molar-refractivity contribution >= 4 is 11.9 Å². The van der Waals surface area contributed by atoms with Crippen LogP contribution in [-0.4, -0.2) is 37.1 Å². The van der Waals surface area contributed by atoms with Gasteiger partial charge in [0.25, 0.3) is 5.91 Å². The van der Waals surface area contributed by atoms with Crippen molar-refractivity contribution in [3.63, 3.8) is 0 Å². The molecular weight excluding hydrogens is 288 g/mol. The summed E-state index contributed by atoms with van der Waals surface area (Å²) in [7, 11) is 1.53. The number of carbonyl (C=O) groups is 2. The number of amides is 1. The van der Waals surface area contributed by atoms with E-state index in [1.165, 1.54) is 31.8 Å². The molecule has 0 bridgehead atoms. The standard InChI is InChI=1S/C15H16N2O5/c1-20-10-8-17-14(18)13(11-4-6-16-7-5-11)22-15(19)12-3-2-9-21-12/h2-7,9,13H,8,10H2,1H3,(H,17,18). The molecule has 2 rings (SSSR count). The molecule has 0 saturated carbocycles. The van der Waals surface area contributed by atoms with Gasteiger partial charge in [-0.2, -0.15) is 0 Å². The Morgan fingerprint density at radius 1 is 1.32 bits per heavy atom. The minimum atomic E-state index is -1.09. The molecule has 116 valence electrons. The van der Waals surface area contributed by atoms with Crippen molar-refractivity contribution in [1.29, 1.82) is 0 Å². The summed E-state index contributed by atoms with van der Waals surface area (Å²) in [6.07, 6.45) is 3.31. The Kier molecular flexibility index (Phi) is 5.67. The largest absolute Gasteiger partial charge is 0.457 e. The topological polar surface area (TPSA) is 90.7 Å². The summed E-state index contributed by atoms with van der Waals surface area (Å²) in [5, 5.41) is 2.64. The molecule has 1 amide bonds. The zero-order chi connectivity index (χ0) is 15.8. The highest BCUT2D eigenvalue weighted by Crippen LogP contribution is 2.19. The lowest BCUT2D eigenvalue weighted by atomic mass is 10.1. The first-order valence-electron chi connectivity index (χ1n) is 6.63. The first kappa shape index (κ1) is 15.7. The number of ether oxygens (including phenoxy) is 2. The van der Waals surface area contributed by atoms with Crippen molar-refractivity contribution in [1.82, 2.24) is 10.3 Å². The second-order valence-corrected chi connectivity index (χ2v) is 4.33. The molecule has 0 spiro atoms. The van der Waals surface area contributed by atoms with Crippen LogP contribution in [0.15, 0.2) is 47.3 Å². The molecule has 0 aromatic carbocycles. The van der Waals surface area contributed by atoms with Crippen molar-refractivity contribution < 1.29 is 23.5 Å². The molecule has 0 aliphatic carbocycles. The number of pyridine rings is 1. The minimum absolute atomic E-state index is 0.0312. The predicted molar refractivity (Wildman–Crippen MR) is 76.0 cm³/mol. The second kappa shape index (κ2) is 7.94. The number of methoxy groups -OCH3 is 1. The summed E-state index contributed by atoms with van der Waals surface area (Å²) in [6, 6.07) is 6.25. The van der Waals surface area contributed by atoms with Gasteiger partial charge in [0.1, 0.15) is 0 Å². The highest BCUT2D eigenvalue weighted by molar-refractivity contribution is 5.90. The third kappa shape index (κ3) is 4.16. The summed E-state index contributed by atoms with van der Waals surface area (Å²) in [6.45, 7) is 0.677. The van der Waals surface area contributed by atoms with E-state index in [9.17, 15) is 9.59 Å². The van der Waals surface area contributed by atoms with E-state index in [2.05, 4.69) is 10.3 Å². The number of hydrogen-bond donors (Lipinski definition) is 1.